The molecule has 5 nitrogen and oxygen atoms in total. The Morgan fingerprint density at radius 1 is 1.29 bits per heavy atom. The minimum absolute atomic E-state index is 0.0583. The second kappa shape index (κ2) is 8.57. The van der Waals surface area contributed by atoms with Crippen LogP contribution in [0.2, 0.25) is 0 Å². The number of nitrogens with one attached hydrogen (secondary N) is 1. The van der Waals surface area contributed by atoms with Gasteiger partial charge in [0.15, 0.2) is 5.16 Å². The van der Waals surface area contributed by atoms with Gasteiger partial charge in [0.1, 0.15) is 4.83 Å². The van der Waals surface area contributed by atoms with Crippen molar-refractivity contribution >= 4 is 39.2 Å². The Hall–Kier alpha value is -1.34. The van der Waals surface area contributed by atoms with Crippen LogP contribution in [-0.4, -0.2) is 26.8 Å². The lowest BCUT2D eigenvalue weighted by Crippen LogP contribution is -2.40. The van der Waals surface area contributed by atoms with Crippen molar-refractivity contribution in [2.75, 3.05) is 0 Å². The standard InChI is InChI=1S/C21H29N3O2S2/c1-3-12-24-20(26)17-15-10-7-11-16(15)28-19(17)23-21(24)27-13(2)18(25)22-14-8-5-4-6-9-14/h13-14H,3-12H2,1-2H3,(H,22,25)/t13-/m1/s1. The molecule has 2 aliphatic rings. The zero-order valence-electron chi connectivity index (χ0n) is 16.8. The van der Waals surface area contributed by atoms with Crippen LogP contribution in [0.1, 0.15) is 69.2 Å². The van der Waals surface area contributed by atoms with Crippen molar-refractivity contribution < 1.29 is 4.79 Å². The van der Waals surface area contributed by atoms with Crippen LogP contribution in [0.3, 0.4) is 0 Å². The molecule has 1 saturated carbocycles. The summed E-state index contributed by atoms with van der Waals surface area (Å²) in [5, 5.41) is 4.45. The van der Waals surface area contributed by atoms with Gasteiger partial charge >= 0.3 is 0 Å². The van der Waals surface area contributed by atoms with Crippen molar-refractivity contribution in [3.8, 4) is 0 Å². The van der Waals surface area contributed by atoms with Gasteiger partial charge in [-0.05, 0) is 51.0 Å². The lowest BCUT2D eigenvalue weighted by Gasteiger charge is -2.24. The van der Waals surface area contributed by atoms with Gasteiger partial charge in [0.05, 0.1) is 10.6 Å². The number of carbonyl (C=O) groups is 1. The predicted octanol–water partition coefficient (Wildman–Crippen LogP) is 4.29. The van der Waals surface area contributed by atoms with E-state index in [4.69, 9.17) is 4.98 Å². The van der Waals surface area contributed by atoms with Crippen molar-refractivity contribution in [1.29, 1.82) is 0 Å². The lowest BCUT2D eigenvalue weighted by molar-refractivity contribution is -0.121. The van der Waals surface area contributed by atoms with Gasteiger partial charge in [-0.3, -0.25) is 14.2 Å². The summed E-state index contributed by atoms with van der Waals surface area (Å²) in [7, 11) is 0. The highest BCUT2D eigenvalue weighted by molar-refractivity contribution is 8.00. The number of fused-ring (bicyclic) bond motifs is 3. The zero-order valence-corrected chi connectivity index (χ0v) is 18.4. The van der Waals surface area contributed by atoms with Crippen molar-refractivity contribution in [2.45, 2.75) is 94.6 Å². The summed E-state index contributed by atoms with van der Waals surface area (Å²) >= 11 is 3.09. The third kappa shape index (κ3) is 3.88. The molecule has 2 aliphatic carbocycles. The van der Waals surface area contributed by atoms with E-state index in [1.165, 1.54) is 41.5 Å². The molecule has 7 heteroatoms. The van der Waals surface area contributed by atoms with E-state index in [0.29, 0.717) is 17.7 Å². The first kappa shape index (κ1) is 20.0. The van der Waals surface area contributed by atoms with Crippen molar-refractivity contribution in [1.82, 2.24) is 14.9 Å². The Bertz CT molecular complexity index is 928. The van der Waals surface area contributed by atoms with Crippen molar-refractivity contribution in [3.05, 3.63) is 20.8 Å². The molecule has 0 unspecified atom stereocenters. The molecule has 2 aromatic heterocycles. The Labute approximate surface area is 174 Å². The molecule has 0 bridgehead atoms. The number of hydrogen-bond acceptors (Lipinski definition) is 5. The van der Waals surface area contributed by atoms with Crippen LogP contribution in [0.5, 0.6) is 0 Å². The minimum atomic E-state index is -0.263. The van der Waals surface area contributed by atoms with Crippen LogP contribution in [0.25, 0.3) is 10.2 Å². The van der Waals surface area contributed by atoms with E-state index >= 15 is 0 Å². The molecule has 1 amide bonds. The number of thiophene rings is 1. The van der Waals surface area contributed by atoms with E-state index in [1.807, 2.05) is 6.92 Å². The van der Waals surface area contributed by atoms with Crippen LogP contribution < -0.4 is 10.9 Å². The smallest absolute Gasteiger partial charge is 0.263 e. The molecule has 0 aromatic carbocycles. The van der Waals surface area contributed by atoms with Crippen molar-refractivity contribution in [3.63, 3.8) is 0 Å². The SMILES string of the molecule is CCCn1c(S[C@H](C)C(=O)NC2CCCCC2)nc2sc3c(c2c1=O)CCC3. The van der Waals surface area contributed by atoms with E-state index in [-0.39, 0.29) is 16.7 Å². The highest BCUT2D eigenvalue weighted by Crippen LogP contribution is 2.36. The first-order valence-corrected chi connectivity index (χ1v) is 12.3. The van der Waals surface area contributed by atoms with Gasteiger partial charge < -0.3 is 5.32 Å². The molecule has 28 heavy (non-hydrogen) atoms. The molecule has 1 fully saturated rings. The fourth-order valence-electron chi connectivity index (χ4n) is 4.35. The molecule has 0 spiro atoms. The second-order valence-electron chi connectivity index (χ2n) is 7.99. The average Bonchev–Trinajstić information content (AvgIpc) is 3.26. The summed E-state index contributed by atoms with van der Waals surface area (Å²) in [6.45, 7) is 4.64. The monoisotopic (exact) mass is 419 g/mol. The molecule has 152 valence electrons. The van der Waals surface area contributed by atoms with Crippen molar-refractivity contribution in [2.24, 2.45) is 0 Å². The molecule has 2 aromatic rings. The Morgan fingerprint density at radius 2 is 2.07 bits per heavy atom. The van der Waals surface area contributed by atoms with Gasteiger partial charge in [-0.2, -0.15) is 0 Å². The van der Waals surface area contributed by atoms with Gasteiger partial charge in [-0.15, -0.1) is 11.3 Å². The van der Waals surface area contributed by atoms with Crippen LogP contribution >= 0.6 is 23.1 Å². The quantitative estimate of drug-likeness (QED) is 0.560. The molecule has 0 radical (unpaired) electrons. The number of aryl methyl sites for hydroxylation is 2. The highest BCUT2D eigenvalue weighted by atomic mass is 32.2. The van der Waals surface area contributed by atoms with Gasteiger partial charge in [0.25, 0.3) is 5.56 Å². The average molecular weight is 420 g/mol. The molecule has 2 heterocycles. The summed E-state index contributed by atoms with van der Waals surface area (Å²) in [5.74, 6) is 0.0583. The molecule has 0 saturated heterocycles. The largest absolute Gasteiger partial charge is 0.352 e. The molecule has 1 atom stereocenters. The van der Waals surface area contributed by atoms with Gasteiger partial charge in [0, 0.05) is 17.5 Å². The minimum Gasteiger partial charge on any atom is -0.352 e. The van der Waals surface area contributed by atoms with E-state index < -0.39 is 0 Å². The fourth-order valence-corrected chi connectivity index (χ4v) is 6.59. The molecule has 0 aliphatic heterocycles. The maximum Gasteiger partial charge on any atom is 0.263 e. The first-order chi connectivity index (χ1) is 13.6. The van der Waals surface area contributed by atoms with Crippen LogP contribution in [0.4, 0.5) is 0 Å². The Morgan fingerprint density at radius 3 is 2.82 bits per heavy atom. The lowest BCUT2D eigenvalue weighted by atomic mass is 9.95. The molecule has 1 N–H and O–H groups in total. The Kier molecular flexibility index (Phi) is 6.11. The van der Waals surface area contributed by atoms with E-state index in [2.05, 4.69) is 12.2 Å². The number of thioether (sulfide) groups is 1. The Balaban J connectivity index is 1.59. The molecule has 4 rings (SSSR count). The number of nitrogens with zero attached hydrogens (tertiary/aromatic N) is 2. The number of amides is 1. The van der Waals surface area contributed by atoms with E-state index in [1.54, 1.807) is 15.9 Å². The summed E-state index contributed by atoms with van der Waals surface area (Å²) < 4.78 is 1.79. The number of carbonyl (C=O) groups excluding carboxylic acids is 1. The van der Waals surface area contributed by atoms with Crippen LogP contribution in [-0.2, 0) is 24.2 Å². The van der Waals surface area contributed by atoms with Crippen LogP contribution in [0.15, 0.2) is 9.95 Å². The summed E-state index contributed by atoms with van der Waals surface area (Å²) in [5.41, 5.74) is 1.30. The maximum absolute atomic E-state index is 13.2. The third-order valence-electron chi connectivity index (χ3n) is 5.84. The number of hydrogen-bond donors (Lipinski definition) is 1. The number of aromatic nitrogens is 2. The summed E-state index contributed by atoms with van der Waals surface area (Å²) in [6.07, 6.45) is 9.89. The fraction of sp³-hybridized carbons (Fsp3) is 0.667. The second-order valence-corrected chi connectivity index (χ2v) is 10.4. The van der Waals surface area contributed by atoms with Gasteiger partial charge in [-0.1, -0.05) is 37.9 Å². The molecular formula is C21H29N3O2S2. The highest BCUT2D eigenvalue weighted by Gasteiger charge is 2.26. The summed E-state index contributed by atoms with van der Waals surface area (Å²) in [4.78, 5) is 33.0. The number of rotatable bonds is 6. The van der Waals surface area contributed by atoms with Gasteiger partial charge in [-0.25, -0.2) is 4.98 Å². The van der Waals surface area contributed by atoms with Gasteiger partial charge in [0.2, 0.25) is 5.91 Å². The van der Waals surface area contributed by atoms with E-state index in [9.17, 15) is 9.59 Å². The van der Waals surface area contributed by atoms with E-state index in [0.717, 1.165) is 48.7 Å². The predicted molar refractivity (Wildman–Crippen MR) is 117 cm³/mol. The normalized spacial score (nSPS) is 18.4. The molecular weight excluding hydrogens is 390 g/mol. The zero-order chi connectivity index (χ0) is 19.7. The maximum atomic E-state index is 13.2. The third-order valence-corrected chi connectivity index (χ3v) is 8.12. The van der Waals surface area contributed by atoms with Crippen LogP contribution in [0, 0.1) is 0 Å². The first-order valence-electron chi connectivity index (χ1n) is 10.6. The topological polar surface area (TPSA) is 64.0 Å². The summed E-state index contributed by atoms with van der Waals surface area (Å²) in [6, 6.07) is 0.304.